The van der Waals surface area contributed by atoms with Gasteiger partial charge in [-0.3, -0.25) is 0 Å². The maximum atomic E-state index is 10.2. The van der Waals surface area contributed by atoms with Gasteiger partial charge in [-0.05, 0) is 31.8 Å². The topological polar surface area (TPSA) is 50.7 Å². The number of ether oxygens (including phenoxy) is 2. The molecule has 4 nitrogen and oxygen atoms in total. The lowest BCUT2D eigenvalue weighted by Gasteiger charge is -2.26. The molecule has 0 unspecified atom stereocenters. The fraction of sp³-hybridized carbons (Fsp3) is 0.538. The van der Waals surface area contributed by atoms with E-state index in [0.29, 0.717) is 16.5 Å². The lowest BCUT2D eigenvalue weighted by atomic mass is 9.88. The molecular formula is C13H18ClNO3. The number of hydrogen-bond donors (Lipinski definition) is 2. The van der Waals surface area contributed by atoms with Crippen molar-refractivity contribution in [3.63, 3.8) is 0 Å². The fourth-order valence-electron chi connectivity index (χ4n) is 2.47. The summed E-state index contributed by atoms with van der Waals surface area (Å²) in [6.07, 6.45) is 1.90. The highest BCUT2D eigenvalue weighted by atomic mass is 35.5. The number of nitrogens with one attached hydrogen (secondary N) is 1. The molecule has 1 aromatic rings. The van der Waals surface area contributed by atoms with Crippen molar-refractivity contribution < 1.29 is 14.6 Å². The summed E-state index contributed by atoms with van der Waals surface area (Å²) in [7, 11) is 3.15. The molecule has 5 heteroatoms. The molecule has 0 amide bonds. The van der Waals surface area contributed by atoms with Crippen molar-refractivity contribution in [1.29, 1.82) is 0 Å². The average Bonchev–Trinajstić information content (AvgIpc) is 2.42. The number of rotatable bonds is 3. The zero-order chi connectivity index (χ0) is 13.1. The van der Waals surface area contributed by atoms with Crippen LogP contribution in [0, 0.1) is 0 Å². The van der Waals surface area contributed by atoms with Gasteiger partial charge >= 0.3 is 0 Å². The molecule has 0 aromatic heterocycles. The number of piperidine rings is 1. The first-order valence-electron chi connectivity index (χ1n) is 6.03. The van der Waals surface area contributed by atoms with Gasteiger partial charge in [0, 0.05) is 11.6 Å². The first kappa shape index (κ1) is 13.3. The van der Waals surface area contributed by atoms with Crippen molar-refractivity contribution in [3.8, 4) is 17.2 Å². The Kier molecular flexibility index (Phi) is 4.19. The monoisotopic (exact) mass is 271 g/mol. The molecule has 0 atom stereocenters. The lowest BCUT2D eigenvalue weighted by molar-refractivity contribution is 0.337. The molecule has 1 fully saturated rings. The smallest absolute Gasteiger partial charge is 0.167 e. The second-order valence-corrected chi connectivity index (χ2v) is 4.79. The van der Waals surface area contributed by atoms with Gasteiger partial charge in [0.05, 0.1) is 19.2 Å². The summed E-state index contributed by atoms with van der Waals surface area (Å²) in [5, 5.41) is 13.8. The Morgan fingerprint density at radius 2 is 1.94 bits per heavy atom. The summed E-state index contributed by atoms with van der Waals surface area (Å²) in [6.45, 7) is 1.87. The van der Waals surface area contributed by atoms with E-state index in [1.807, 2.05) is 0 Å². The average molecular weight is 272 g/mol. The van der Waals surface area contributed by atoms with Crippen molar-refractivity contribution in [2.75, 3.05) is 27.3 Å². The summed E-state index contributed by atoms with van der Waals surface area (Å²) in [5.74, 6) is 1.51. The predicted molar refractivity (Wildman–Crippen MR) is 71.1 cm³/mol. The SMILES string of the molecule is COc1cc(Cl)c(O)c(C2CCNCC2)c1OC. The Morgan fingerprint density at radius 3 is 2.50 bits per heavy atom. The van der Waals surface area contributed by atoms with Gasteiger partial charge in [0.2, 0.25) is 0 Å². The minimum atomic E-state index is 0.112. The Bertz CT molecular complexity index is 431. The van der Waals surface area contributed by atoms with Crippen molar-refractivity contribution in [3.05, 3.63) is 16.7 Å². The van der Waals surface area contributed by atoms with Crippen LogP contribution in [0.2, 0.25) is 5.02 Å². The minimum absolute atomic E-state index is 0.112. The molecule has 0 radical (unpaired) electrons. The zero-order valence-electron chi connectivity index (χ0n) is 10.6. The molecule has 1 saturated heterocycles. The van der Waals surface area contributed by atoms with Gasteiger partial charge in [-0.1, -0.05) is 11.6 Å². The second-order valence-electron chi connectivity index (χ2n) is 4.38. The summed E-state index contributed by atoms with van der Waals surface area (Å²) in [5.41, 5.74) is 0.767. The van der Waals surface area contributed by atoms with Gasteiger partial charge in [-0.15, -0.1) is 0 Å². The van der Waals surface area contributed by atoms with Gasteiger partial charge in [0.1, 0.15) is 5.75 Å². The third kappa shape index (κ3) is 2.35. The number of methoxy groups -OCH3 is 2. The van der Waals surface area contributed by atoms with Crippen LogP contribution in [0.25, 0.3) is 0 Å². The highest BCUT2D eigenvalue weighted by Crippen LogP contribution is 2.47. The maximum absolute atomic E-state index is 10.2. The number of phenols is 1. The molecular weight excluding hydrogens is 254 g/mol. The summed E-state index contributed by atoms with van der Waals surface area (Å²) in [6, 6.07) is 1.58. The summed E-state index contributed by atoms with van der Waals surface area (Å²) in [4.78, 5) is 0. The second kappa shape index (κ2) is 5.67. The number of benzene rings is 1. The van der Waals surface area contributed by atoms with Crippen LogP contribution in [0.1, 0.15) is 24.3 Å². The van der Waals surface area contributed by atoms with Crippen LogP contribution in [-0.4, -0.2) is 32.4 Å². The Morgan fingerprint density at radius 1 is 1.28 bits per heavy atom. The van der Waals surface area contributed by atoms with Gasteiger partial charge in [-0.25, -0.2) is 0 Å². The van der Waals surface area contributed by atoms with E-state index in [9.17, 15) is 5.11 Å². The highest BCUT2D eigenvalue weighted by molar-refractivity contribution is 6.32. The van der Waals surface area contributed by atoms with Gasteiger partial charge in [-0.2, -0.15) is 0 Å². The lowest BCUT2D eigenvalue weighted by Crippen LogP contribution is -2.27. The Balaban J connectivity index is 2.51. The molecule has 1 aromatic carbocycles. The number of halogens is 1. The van der Waals surface area contributed by atoms with E-state index in [2.05, 4.69) is 5.32 Å². The quantitative estimate of drug-likeness (QED) is 0.887. The normalized spacial score (nSPS) is 16.6. The van der Waals surface area contributed by atoms with Gasteiger partial charge in [0.25, 0.3) is 0 Å². The van der Waals surface area contributed by atoms with Crippen LogP contribution in [-0.2, 0) is 0 Å². The fourth-order valence-corrected chi connectivity index (χ4v) is 2.67. The Hall–Kier alpha value is -1.13. The van der Waals surface area contributed by atoms with E-state index in [1.54, 1.807) is 20.3 Å². The highest BCUT2D eigenvalue weighted by Gasteiger charge is 2.26. The van der Waals surface area contributed by atoms with E-state index in [1.165, 1.54) is 0 Å². The maximum Gasteiger partial charge on any atom is 0.167 e. The third-order valence-corrected chi connectivity index (χ3v) is 3.67. The first-order valence-corrected chi connectivity index (χ1v) is 6.40. The van der Waals surface area contributed by atoms with E-state index in [4.69, 9.17) is 21.1 Å². The summed E-state index contributed by atoms with van der Waals surface area (Å²) >= 11 is 6.04. The van der Waals surface area contributed by atoms with Crippen LogP contribution >= 0.6 is 11.6 Å². The minimum Gasteiger partial charge on any atom is -0.506 e. The van der Waals surface area contributed by atoms with Crippen LogP contribution in [0.4, 0.5) is 0 Å². The van der Waals surface area contributed by atoms with Crippen molar-refractivity contribution in [1.82, 2.24) is 5.32 Å². The summed E-state index contributed by atoms with van der Waals surface area (Å²) < 4.78 is 10.7. The Labute approximate surface area is 112 Å². The number of hydrogen-bond acceptors (Lipinski definition) is 4. The largest absolute Gasteiger partial charge is 0.506 e. The zero-order valence-corrected chi connectivity index (χ0v) is 11.4. The molecule has 100 valence electrons. The molecule has 1 aliphatic rings. The third-order valence-electron chi connectivity index (χ3n) is 3.38. The number of phenolic OH excluding ortho intramolecular Hbond substituents is 1. The van der Waals surface area contributed by atoms with E-state index < -0.39 is 0 Å². The molecule has 0 spiro atoms. The number of aromatic hydroxyl groups is 1. The van der Waals surface area contributed by atoms with E-state index >= 15 is 0 Å². The van der Waals surface area contributed by atoms with Crippen LogP contribution in [0.3, 0.4) is 0 Å². The molecule has 0 bridgehead atoms. The standard InChI is InChI=1S/C13H18ClNO3/c1-17-10-7-9(14)12(16)11(13(10)18-2)8-3-5-15-6-4-8/h7-8,15-16H,3-6H2,1-2H3. The van der Waals surface area contributed by atoms with Gasteiger partial charge in [0.15, 0.2) is 11.5 Å². The van der Waals surface area contributed by atoms with Crippen LogP contribution in [0.15, 0.2) is 6.07 Å². The van der Waals surface area contributed by atoms with E-state index in [-0.39, 0.29) is 11.7 Å². The molecule has 2 N–H and O–H groups in total. The molecule has 1 aliphatic heterocycles. The van der Waals surface area contributed by atoms with Crippen LogP contribution in [0.5, 0.6) is 17.2 Å². The van der Waals surface area contributed by atoms with Crippen molar-refractivity contribution in [2.24, 2.45) is 0 Å². The van der Waals surface area contributed by atoms with Crippen molar-refractivity contribution >= 4 is 11.6 Å². The predicted octanol–water partition coefficient (Wildman–Crippen LogP) is 2.53. The molecule has 1 heterocycles. The molecule has 0 aliphatic carbocycles. The van der Waals surface area contributed by atoms with Crippen molar-refractivity contribution in [2.45, 2.75) is 18.8 Å². The molecule has 18 heavy (non-hydrogen) atoms. The van der Waals surface area contributed by atoms with Gasteiger partial charge < -0.3 is 19.9 Å². The first-order chi connectivity index (χ1) is 8.69. The molecule has 2 rings (SSSR count). The van der Waals surface area contributed by atoms with E-state index in [0.717, 1.165) is 31.5 Å². The van der Waals surface area contributed by atoms with Crippen LogP contribution < -0.4 is 14.8 Å². The molecule has 0 saturated carbocycles.